The van der Waals surface area contributed by atoms with Crippen LogP contribution >= 0.6 is 0 Å². The van der Waals surface area contributed by atoms with Crippen molar-refractivity contribution in [2.45, 2.75) is 39.8 Å². The van der Waals surface area contributed by atoms with Crippen molar-refractivity contribution in [3.63, 3.8) is 0 Å². The van der Waals surface area contributed by atoms with Crippen molar-refractivity contribution >= 4 is 0 Å². The minimum atomic E-state index is -0.206. The second kappa shape index (κ2) is 6.66. The van der Waals surface area contributed by atoms with Gasteiger partial charge in [-0.2, -0.15) is 5.10 Å². The largest absolute Gasteiger partial charge is 0.305 e. The van der Waals surface area contributed by atoms with Gasteiger partial charge in [0, 0.05) is 6.54 Å². The van der Waals surface area contributed by atoms with E-state index >= 15 is 0 Å². The molecule has 1 aromatic heterocycles. The molecular weight excluding hydrogens is 253 g/mol. The average Bonchev–Trinajstić information content (AvgIpc) is 2.89. The number of aryl methyl sites for hydroxylation is 2. The van der Waals surface area contributed by atoms with Crippen LogP contribution in [-0.4, -0.2) is 16.3 Å². The summed E-state index contributed by atoms with van der Waals surface area (Å²) in [6, 6.07) is 8.87. The van der Waals surface area contributed by atoms with E-state index in [2.05, 4.69) is 37.3 Å². The van der Waals surface area contributed by atoms with Gasteiger partial charge in [-0.25, -0.2) is 4.39 Å². The molecule has 1 atom stereocenters. The monoisotopic (exact) mass is 275 g/mol. The summed E-state index contributed by atoms with van der Waals surface area (Å²) in [7, 11) is 0. The van der Waals surface area contributed by atoms with Crippen LogP contribution in [0, 0.1) is 5.82 Å². The van der Waals surface area contributed by atoms with Gasteiger partial charge in [0.1, 0.15) is 5.82 Å². The van der Waals surface area contributed by atoms with Gasteiger partial charge < -0.3 is 5.32 Å². The zero-order chi connectivity index (χ0) is 14.5. The molecule has 0 fully saturated rings. The maximum atomic E-state index is 13.1. The summed E-state index contributed by atoms with van der Waals surface area (Å²) in [5, 5.41) is 8.06. The molecule has 0 aliphatic heterocycles. The number of hydrogen-bond donors (Lipinski definition) is 1. The van der Waals surface area contributed by atoms with Crippen LogP contribution in [0.4, 0.5) is 4.39 Å². The predicted molar refractivity (Wildman–Crippen MR) is 79.2 cm³/mol. The van der Waals surface area contributed by atoms with Gasteiger partial charge in [0.05, 0.1) is 17.4 Å². The minimum Gasteiger partial charge on any atom is -0.305 e. The summed E-state index contributed by atoms with van der Waals surface area (Å²) in [6.45, 7) is 7.94. The van der Waals surface area contributed by atoms with Crippen molar-refractivity contribution < 1.29 is 4.39 Å². The van der Waals surface area contributed by atoms with E-state index in [1.165, 1.54) is 12.1 Å². The van der Waals surface area contributed by atoms with Crippen LogP contribution < -0.4 is 5.32 Å². The molecule has 0 spiro atoms. The first-order chi connectivity index (χ1) is 9.69. The maximum absolute atomic E-state index is 13.1. The molecule has 20 heavy (non-hydrogen) atoms. The highest BCUT2D eigenvalue weighted by atomic mass is 19.1. The molecule has 108 valence electrons. The second-order valence-corrected chi connectivity index (χ2v) is 4.77. The van der Waals surface area contributed by atoms with Gasteiger partial charge >= 0.3 is 0 Å². The number of halogens is 1. The predicted octanol–water partition coefficient (Wildman–Crippen LogP) is 3.30. The van der Waals surface area contributed by atoms with Crippen molar-refractivity contribution in [1.82, 2.24) is 15.1 Å². The second-order valence-electron chi connectivity index (χ2n) is 4.77. The molecule has 1 unspecified atom stereocenters. The molecule has 2 rings (SSSR count). The SMILES string of the molecule is CCNC(c1ccc(F)cc1)c1cc(CC)nn1CC. The van der Waals surface area contributed by atoms with Crippen LogP contribution in [0.2, 0.25) is 0 Å². The molecule has 0 bridgehead atoms. The van der Waals surface area contributed by atoms with Gasteiger partial charge in [0.25, 0.3) is 0 Å². The molecule has 1 heterocycles. The molecule has 3 nitrogen and oxygen atoms in total. The molecule has 0 radical (unpaired) electrons. The number of hydrogen-bond acceptors (Lipinski definition) is 2. The molecule has 0 aliphatic carbocycles. The smallest absolute Gasteiger partial charge is 0.123 e. The first-order valence-electron chi connectivity index (χ1n) is 7.25. The van der Waals surface area contributed by atoms with Crippen LogP contribution in [-0.2, 0) is 13.0 Å². The van der Waals surface area contributed by atoms with E-state index in [0.29, 0.717) is 0 Å². The lowest BCUT2D eigenvalue weighted by molar-refractivity contribution is 0.539. The summed E-state index contributed by atoms with van der Waals surface area (Å²) in [5.41, 5.74) is 3.29. The fourth-order valence-electron chi connectivity index (χ4n) is 2.40. The Labute approximate surface area is 119 Å². The quantitative estimate of drug-likeness (QED) is 0.876. The highest BCUT2D eigenvalue weighted by molar-refractivity contribution is 5.29. The minimum absolute atomic E-state index is 0.0494. The standard InChI is InChI=1S/C16H22FN3/c1-4-14-11-15(20(6-3)19-14)16(18-5-2)12-7-9-13(17)10-8-12/h7-11,16,18H,4-6H2,1-3H3. The summed E-state index contributed by atoms with van der Waals surface area (Å²) in [6.07, 6.45) is 0.919. The van der Waals surface area contributed by atoms with Crippen molar-refractivity contribution in [1.29, 1.82) is 0 Å². The lowest BCUT2D eigenvalue weighted by atomic mass is 10.0. The lowest BCUT2D eigenvalue weighted by Gasteiger charge is -2.19. The third-order valence-corrected chi connectivity index (χ3v) is 3.43. The van der Waals surface area contributed by atoms with Crippen LogP contribution in [0.25, 0.3) is 0 Å². The third kappa shape index (κ3) is 3.07. The van der Waals surface area contributed by atoms with Crippen LogP contribution in [0.15, 0.2) is 30.3 Å². The summed E-state index contributed by atoms with van der Waals surface area (Å²) >= 11 is 0. The highest BCUT2D eigenvalue weighted by Gasteiger charge is 2.18. The molecule has 0 saturated carbocycles. The van der Waals surface area contributed by atoms with Crippen LogP contribution in [0.5, 0.6) is 0 Å². The van der Waals surface area contributed by atoms with Gasteiger partial charge in [-0.1, -0.05) is 26.0 Å². The fourth-order valence-corrected chi connectivity index (χ4v) is 2.40. The Morgan fingerprint density at radius 2 is 1.90 bits per heavy atom. The molecule has 0 amide bonds. The van der Waals surface area contributed by atoms with Crippen LogP contribution in [0.1, 0.15) is 43.8 Å². The number of nitrogens with zero attached hydrogens (tertiary/aromatic N) is 2. The molecule has 0 aliphatic rings. The van der Waals surface area contributed by atoms with Gasteiger partial charge in [-0.05, 0) is 43.7 Å². The number of rotatable bonds is 6. The van der Waals surface area contributed by atoms with E-state index in [1.807, 2.05) is 16.8 Å². The lowest BCUT2D eigenvalue weighted by Crippen LogP contribution is -2.24. The van der Waals surface area contributed by atoms with E-state index in [9.17, 15) is 4.39 Å². The Morgan fingerprint density at radius 3 is 2.45 bits per heavy atom. The zero-order valence-electron chi connectivity index (χ0n) is 12.4. The Morgan fingerprint density at radius 1 is 1.20 bits per heavy atom. The molecule has 1 N–H and O–H groups in total. The molecule has 2 aromatic rings. The van der Waals surface area contributed by atoms with Crippen molar-refractivity contribution in [3.8, 4) is 0 Å². The van der Waals surface area contributed by atoms with Gasteiger partial charge in [0.2, 0.25) is 0 Å². The Bertz CT molecular complexity index is 545. The number of benzene rings is 1. The Hall–Kier alpha value is -1.68. The normalized spacial score (nSPS) is 12.6. The highest BCUT2D eigenvalue weighted by Crippen LogP contribution is 2.23. The summed E-state index contributed by atoms with van der Waals surface area (Å²) in [4.78, 5) is 0. The van der Waals surface area contributed by atoms with E-state index < -0.39 is 0 Å². The third-order valence-electron chi connectivity index (χ3n) is 3.43. The van der Waals surface area contributed by atoms with Crippen molar-refractivity contribution in [3.05, 3.63) is 53.1 Å². The average molecular weight is 275 g/mol. The summed E-state index contributed by atoms with van der Waals surface area (Å²) in [5.74, 6) is -0.206. The van der Waals surface area contributed by atoms with Gasteiger partial charge in [-0.15, -0.1) is 0 Å². The Kier molecular flexibility index (Phi) is 4.90. The first-order valence-corrected chi connectivity index (χ1v) is 7.25. The van der Waals surface area contributed by atoms with Crippen molar-refractivity contribution in [2.75, 3.05) is 6.54 Å². The number of aromatic nitrogens is 2. The summed E-state index contributed by atoms with van der Waals surface area (Å²) < 4.78 is 15.1. The molecule has 4 heteroatoms. The van der Waals surface area contributed by atoms with E-state index in [0.717, 1.165) is 36.5 Å². The van der Waals surface area contributed by atoms with E-state index in [-0.39, 0.29) is 11.9 Å². The van der Waals surface area contributed by atoms with E-state index in [4.69, 9.17) is 0 Å². The molecule has 0 saturated heterocycles. The topological polar surface area (TPSA) is 29.9 Å². The van der Waals surface area contributed by atoms with Crippen LogP contribution in [0.3, 0.4) is 0 Å². The first kappa shape index (κ1) is 14.7. The zero-order valence-corrected chi connectivity index (χ0v) is 12.4. The van der Waals surface area contributed by atoms with Crippen molar-refractivity contribution in [2.24, 2.45) is 0 Å². The van der Waals surface area contributed by atoms with E-state index in [1.54, 1.807) is 0 Å². The van der Waals surface area contributed by atoms with Gasteiger partial charge in [0.15, 0.2) is 0 Å². The molecular formula is C16H22FN3. The fraction of sp³-hybridized carbons (Fsp3) is 0.438. The Balaban J connectivity index is 2.42. The van der Waals surface area contributed by atoms with Gasteiger partial charge in [-0.3, -0.25) is 4.68 Å². The number of nitrogens with one attached hydrogen (secondary N) is 1. The maximum Gasteiger partial charge on any atom is 0.123 e. The molecule has 1 aromatic carbocycles.